The Balaban J connectivity index is 1.53. The molecule has 1 amide bonds. The first-order valence-corrected chi connectivity index (χ1v) is 13.6. The molecule has 0 aliphatic carbocycles. The van der Waals surface area contributed by atoms with Crippen molar-refractivity contribution in [3.05, 3.63) is 89.5 Å². The molecule has 0 radical (unpaired) electrons. The summed E-state index contributed by atoms with van der Waals surface area (Å²) in [6.07, 6.45) is 5.89. The van der Waals surface area contributed by atoms with Crippen LogP contribution in [-0.4, -0.2) is 49.7 Å². The highest BCUT2D eigenvalue weighted by Crippen LogP contribution is 2.20. The van der Waals surface area contributed by atoms with Crippen molar-refractivity contribution in [3.63, 3.8) is 0 Å². The highest BCUT2D eigenvalue weighted by Gasteiger charge is 2.23. The number of ether oxygens (including phenoxy) is 2. The zero-order chi connectivity index (χ0) is 28.9. The molecule has 8 heteroatoms. The van der Waals surface area contributed by atoms with E-state index < -0.39 is 23.9 Å². The number of nitrogens with one attached hydrogen (secondary N) is 1. The Labute approximate surface area is 235 Å². The van der Waals surface area contributed by atoms with Gasteiger partial charge in [0, 0.05) is 26.2 Å². The van der Waals surface area contributed by atoms with E-state index in [0.29, 0.717) is 40.5 Å². The lowest BCUT2D eigenvalue weighted by Crippen LogP contribution is -2.42. The number of carbonyl (C=O) groups excluding carboxylic acids is 2. The van der Waals surface area contributed by atoms with E-state index in [0.717, 1.165) is 12.8 Å². The molecule has 1 atom stereocenters. The van der Waals surface area contributed by atoms with Gasteiger partial charge in [-0.3, -0.25) is 4.79 Å². The van der Waals surface area contributed by atoms with Crippen molar-refractivity contribution >= 4 is 23.5 Å². The largest absolute Gasteiger partial charge is 0.494 e. The molecular formula is C32H38N2O6. The van der Waals surface area contributed by atoms with E-state index in [2.05, 4.69) is 12.2 Å². The first-order valence-electron chi connectivity index (χ1n) is 13.6. The molecule has 0 heterocycles. The van der Waals surface area contributed by atoms with Crippen molar-refractivity contribution < 1.29 is 29.0 Å². The molecule has 0 saturated carbocycles. The molecule has 0 aliphatic heterocycles. The number of carbonyl (C=O) groups is 3. The third-order valence-electron chi connectivity index (χ3n) is 6.41. The zero-order valence-corrected chi connectivity index (χ0v) is 23.4. The van der Waals surface area contributed by atoms with Gasteiger partial charge in [-0.05, 0) is 60.5 Å². The molecule has 1 unspecified atom stereocenters. The minimum absolute atomic E-state index is 0.0689. The highest BCUT2D eigenvalue weighted by molar-refractivity contribution is 6.01. The molecule has 0 saturated heterocycles. The van der Waals surface area contributed by atoms with Crippen LogP contribution in [0.2, 0.25) is 0 Å². The predicted octanol–water partition coefficient (Wildman–Crippen LogP) is 5.75. The SMILES string of the molecule is CCCCCCCOc1ccc(C(=O)Oc2ccc(CC(NC(=O)c3ccccc3N(C)C)C(=O)O)cc2)cc1. The average Bonchev–Trinajstić information content (AvgIpc) is 2.95. The molecular weight excluding hydrogens is 508 g/mol. The van der Waals surface area contributed by atoms with Crippen molar-refractivity contribution in [2.45, 2.75) is 51.5 Å². The highest BCUT2D eigenvalue weighted by atomic mass is 16.5. The maximum absolute atomic E-state index is 12.8. The number of rotatable bonds is 15. The van der Waals surface area contributed by atoms with Crippen molar-refractivity contribution in [2.75, 3.05) is 25.6 Å². The Morgan fingerprint density at radius 3 is 2.15 bits per heavy atom. The monoisotopic (exact) mass is 546 g/mol. The molecule has 0 bridgehead atoms. The molecule has 2 N–H and O–H groups in total. The summed E-state index contributed by atoms with van der Waals surface area (Å²) in [4.78, 5) is 39.1. The average molecular weight is 547 g/mol. The molecule has 0 aliphatic rings. The van der Waals surface area contributed by atoms with Gasteiger partial charge in [-0.2, -0.15) is 0 Å². The van der Waals surface area contributed by atoms with Crippen LogP contribution in [0.1, 0.15) is 65.3 Å². The van der Waals surface area contributed by atoms with Crippen molar-refractivity contribution in [1.29, 1.82) is 0 Å². The first kappa shape index (κ1) is 30.2. The summed E-state index contributed by atoms with van der Waals surface area (Å²) >= 11 is 0. The van der Waals surface area contributed by atoms with Gasteiger partial charge in [-0.15, -0.1) is 0 Å². The Kier molecular flexibility index (Phi) is 11.6. The molecule has 8 nitrogen and oxygen atoms in total. The van der Waals surface area contributed by atoms with Gasteiger partial charge in [0.1, 0.15) is 17.5 Å². The Hall–Kier alpha value is -4.33. The molecule has 212 valence electrons. The van der Waals surface area contributed by atoms with Crippen LogP contribution in [0.4, 0.5) is 5.69 Å². The van der Waals surface area contributed by atoms with Crippen LogP contribution < -0.4 is 19.7 Å². The number of amides is 1. The number of esters is 1. The number of benzene rings is 3. The van der Waals surface area contributed by atoms with E-state index in [1.807, 2.05) is 20.2 Å². The van der Waals surface area contributed by atoms with E-state index in [9.17, 15) is 19.5 Å². The number of hydrogen-bond donors (Lipinski definition) is 2. The van der Waals surface area contributed by atoms with E-state index in [-0.39, 0.29) is 6.42 Å². The third kappa shape index (κ3) is 9.15. The Morgan fingerprint density at radius 2 is 1.50 bits per heavy atom. The summed E-state index contributed by atoms with van der Waals surface area (Å²) in [7, 11) is 3.63. The molecule has 3 rings (SSSR count). The zero-order valence-electron chi connectivity index (χ0n) is 23.4. The Bertz CT molecular complexity index is 1260. The second kappa shape index (κ2) is 15.3. The summed E-state index contributed by atoms with van der Waals surface area (Å²) in [6.45, 7) is 2.84. The fourth-order valence-corrected chi connectivity index (χ4v) is 4.17. The van der Waals surface area contributed by atoms with E-state index in [1.54, 1.807) is 71.6 Å². The number of anilines is 1. The topological polar surface area (TPSA) is 105 Å². The number of nitrogens with zero attached hydrogens (tertiary/aromatic N) is 1. The number of carboxylic acids is 1. The minimum Gasteiger partial charge on any atom is -0.494 e. The maximum atomic E-state index is 12.8. The predicted molar refractivity (Wildman–Crippen MR) is 155 cm³/mol. The number of aliphatic carboxylic acids is 1. The van der Waals surface area contributed by atoms with Crippen LogP contribution in [-0.2, 0) is 11.2 Å². The molecule has 40 heavy (non-hydrogen) atoms. The summed E-state index contributed by atoms with van der Waals surface area (Å²) in [6, 6.07) is 19.3. The van der Waals surface area contributed by atoms with Gasteiger partial charge in [-0.1, -0.05) is 56.9 Å². The second-order valence-electron chi connectivity index (χ2n) is 9.80. The van der Waals surface area contributed by atoms with Crippen LogP contribution in [0.25, 0.3) is 0 Å². The van der Waals surface area contributed by atoms with Crippen molar-refractivity contribution in [2.24, 2.45) is 0 Å². The van der Waals surface area contributed by atoms with E-state index >= 15 is 0 Å². The quantitative estimate of drug-likeness (QED) is 0.142. The van der Waals surface area contributed by atoms with Gasteiger partial charge in [0.2, 0.25) is 0 Å². The van der Waals surface area contributed by atoms with E-state index in [4.69, 9.17) is 9.47 Å². The summed E-state index contributed by atoms with van der Waals surface area (Å²) in [5, 5.41) is 12.3. The van der Waals surface area contributed by atoms with Gasteiger partial charge in [0.15, 0.2) is 0 Å². The number of para-hydroxylation sites is 1. The lowest BCUT2D eigenvalue weighted by Gasteiger charge is -2.19. The van der Waals surface area contributed by atoms with Gasteiger partial charge >= 0.3 is 11.9 Å². The third-order valence-corrected chi connectivity index (χ3v) is 6.41. The van der Waals surface area contributed by atoms with Crippen LogP contribution in [0.5, 0.6) is 11.5 Å². The standard InChI is InChI=1S/C32H38N2O6/c1-4-5-6-7-10-21-39-25-19-15-24(16-20-25)32(38)40-26-17-13-23(14-18-26)22-28(31(36)37)33-30(35)27-11-8-9-12-29(27)34(2)3/h8-9,11-20,28H,4-7,10,21-22H2,1-3H3,(H,33,35)(H,36,37). The number of unbranched alkanes of at least 4 members (excludes halogenated alkanes) is 4. The van der Waals surface area contributed by atoms with Gasteiger partial charge < -0.3 is 24.8 Å². The molecule has 0 spiro atoms. The van der Waals surface area contributed by atoms with Crippen molar-refractivity contribution in [3.8, 4) is 11.5 Å². The summed E-state index contributed by atoms with van der Waals surface area (Å²) in [5.41, 5.74) is 2.15. The smallest absolute Gasteiger partial charge is 0.343 e. The van der Waals surface area contributed by atoms with Crippen LogP contribution in [0.3, 0.4) is 0 Å². The first-order chi connectivity index (χ1) is 19.3. The second-order valence-corrected chi connectivity index (χ2v) is 9.80. The summed E-state index contributed by atoms with van der Waals surface area (Å²) < 4.78 is 11.2. The van der Waals surface area contributed by atoms with Gasteiger partial charge in [0.25, 0.3) is 5.91 Å². The fourth-order valence-electron chi connectivity index (χ4n) is 4.17. The number of hydrogen-bond acceptors (Lipinski definition) is 6. The van der Waals surface area contributed by atoms with E-state index in [1.165, 1.54) is 19.3 Å². The molecule has 3 aromatic rings. The molecule has 3 aromatic carbocycles. The molecule has 0 fully saturated rings. The lowest BCUT2D eigenvalue weighted by atomic mass is 10.0. The number of carboxylic acid groups (broad SMARTS) is 1. The maximum Gasteiger partial charge on any atom is 0.343 e. The van der Waals surface area contributed by atoms with Crippen molar-refractivity contribution in [1.82, 2.24) is 5.32 Å². The Morgan fingerprint density at radius 1 is 0.850 bits per heavy atom. The van der Waals surface area contributed by atoms with Crippen LogP contribution in [0, 0.1) is 0 Å². The normalized spacial score (nSPS) is 11.4. The fraction of sp³-hybridized carbons (Fsp3) is 0.344. The lowest BCUT2D eigenvalue weighted by molar-refractivity contribution is -0.139. The van der Waals surface area contributed by atoms with Crippen LogP contribution >= 0.6 is 0 Å². The van der Waals surface area contributed by atoms with Crippen LogP contribution in [0.15, 0.2) is 72.8 Å². The minimum atomic E-state index is -1.14. The van der Waals surface area contributed by atoms with Gasteiger partial charge in [0.05, 0.1) is 17.7 Å². The van der Waals surface area contributed by atoms with Gasteiger partial charge in [-0.25, -0.2) is 9.59 Å². The molecule has 0 aromatic heterocycles. The summed E-state index contributed by atoms with van der Waals surface area (Å²) in [5.74, 6) is -1.08.